The zero-order valence-corrected chi connectivity index (χ0v) is 10.8. The Morgan fingerprint density at radius 1 is 1.25 bits per heavy atom. The Balaban J connectivity index is 2.20. The first-order chi connectivity index (χ1) is 7.81. The highest BCUT2D eigenvalue weighted by Crippen LogP contribution is 2.22. The molecule has 0 amide bonds. The van der Waals surface area contributed by atoms with Crippen molar-refractivity contribution in [3.63, 3.8) is 0 Å². The van der Waals surface area contributed by atoms with E-state index in [0.29, 0.717) is 0 Å². The molecule has 3 N–H and O–H groups in total. The summed E-state index contributed by atoms with van der Waals surface area (Å²) >= 11 is 2.31. The monoisotopic (exact) mass is 328 g/mol. The maximum absolute atomic E-state index is 5.60. The predicted molar refractivity (Wildman–Crippen MR) is 71.6 cm³/mol. The molecular weight excluding hydrogens is 315 g/mol. The van der Waals surface area contributed by atoms with Crippen LogP contribution in [0.5, 0.6) is 0 Å². The van der Waals surface area contributed by atoms with Crippen LogP contribution >= 0.6 is 22.6 Å². The van der Waals surface area contributed by atoms with E-state index in [0.717, 1.165) is 12.2 Å². The second-order valence-electron chi connectivity index (χ2n) is 3.52. The molecule has 1 aromatic heterocycles. The highest BCUT2D eigenvalue weighted by Gasteiger charge is 2.14. The van der Waals surface area contributed by atoms with Crippen molar-refractivity contribution in [3.8, 4) is 0 Å². The number of nitrogens with one attached hydrogen (secondary N) is 1. The van der Waals surface area contributed by atoms with E-state index in [1.165, 1.54) is 9.13 Å². The minimum atomic E-state index is 0.0826. The third-order valence-corrected chi connectivity index (χ3v) is 3.45. The Kier molecular flexibility index (Phi) is 3.98. The Morgan fingerprint density at radius 3 is 2.69 bits per heavy atom. The number of hydrogen-bond acceptors (Lipinski definition) is 3. The maximum atomic E-state index is 5.60. The molecule has 2 rings (SSSR count). The molecule has 4 heteroatoms. The molecule has 16 heavy (non-hydrogen) atoms. The quantitative estimate of drug-likeness (QED) is 0.515. The highest BCUT2D eigenvalue weighted by atomic mass is 127. The Bertz CT molecular complexity index is 442. The lowest BCUT2D eigenvalue weighted by Crippen LogP contribution is -2.30. The normalized spacial score (nSPS) is 12.6. The van der Waals surface area contributed by atoms with Gasteiger partial charge in [0.25, 0.3) is 0 Å². The van der Waals surface area contributed by atoms with Crippen molar-refractivity contribution in [1.29, 1.82) is 0 Å². The van der Waals surface area contributed by atoms with E-state index in [2.05, 4.69) is 40.1 Å². The molecule has 84 valence electrons. The van der Waals surface area contributed by atoms with Gasteiger partial charge in [0.05, 0.1) is 12.3 Å². The average molecular weight is 328 g/mol. The van der Waals surface area contributed by atoms with Crippen LogP contribution in [0.3, 0.4) is 0 Å². The van der Waals surface area contributed by atoms with Crippen LogP contribution in [0.15, 0.2) is 47.1 Å². The predicted octanol–water partition coefficient (Wildman–Crippen LogP) is 2.63. The Morgan fingerprint density at radius 2 is 2.06 bits per heavy atom. The molecule has 0 bridgehead atoms. The van der Waals surface area contributed by atoms with Gasteiger partial charge in [0.15, 0.2) is 0 Å². The number of benzene rings is 1. The molecule has 1 heterocycles. The molecule has 1 aromatic carbocycles. The van der Waals surface area contributed by atoms with E-state index >= 15 is 0 Å². The van der Waals surface area contributed by atoms with Crippen molar-refractivity contribution in [2.45, 2.75) is 12.5 Å². The SMILES string of the molecule is NNC(Cc1ccco1)c1ccccc1I. The van der Waals surface area contributed by atoms with E-state index in [4.69, 9.17) is 10.3 Å². The molecule has 2 aromatic rings. The van der Waals surface area contributed by atoms with Gasteiger partial charge in [0.1, 0.15) is 5.76 Å². The van der Waals surface area contributed by atoms with Crippen LogP contribution in [0.2, 0.25) is 0 Å². The second-order valence-corrected chi connectivity index (χ2v) is 4.69. The zero-order chi connectivity index (χ0) is 11.4. The first-order valence-electron chi connectivity index (χ1n) is 5.04. The largest absolute Gasteiger partial charge is 0.469 e. The molecule has 0 aliphatic rings. The van der Waals surface area contributed by atoms with Gasteiger partial charge in [-0.05, 0) is 46.4 Å². The number of rotatable bonds is 4. The van der Waals surface area contributed by atoms with Gasteiger partial charge in [-0.2, -0.15) is 0 Å². The van der Waals surface area contributed by atoms with Crippen LogP contribution in [0.1, 0.15) is 17.4 Å². The molecule has 0 aliphatic carbocycles. The van der Waals surface area contributed by atoms with Gasteiger partial charge in [-0.15, -0.1) is 0 Å². The summed E-state index contributed by atoms with van der Waals surface area (Å²) in [6.45, 7) is 0. The summed E-state index contributed by atoms with van der Waals surface area (Å²) in [5.41, 5.74) is 4.03. The van der Waals surface area contributed by atoms with Gasteiger partial charge in [0, 0.05) is 9.99 Å². The third kappa shape index (κ3) is 2.63. The number of furan rings is 1. The lowest BCUT2D eigenvalue weighted by molar-refractivity contribution is 0.454. The van der Waals surface area contributed by atoms with Crippen molar-refractivity contribution in [3.05, 3.63) is 57.6 Å². The van der Waals surface area contributed by atoms with Crippen LogP contribution in [-0.2, 0) is 6.42 Å². The summed E-state index contributed by atoms with van der Waals surface area (Å²) in [7, 11) is 0. The van der Waals surface area contributed by atoms with Crippen LogP contribution in [0.4, 0.5) is 0 Å². The van der Waals surface area contributed by atoms with E-state index < -0.39 is 0 Å². The molecular formula is C12H13IN2O. The van der Waals surface area contributed by atoms with E-state index in [9.17, 15) is 0 Å². The summed E-state index contributed by atoms with van der Waals surface area (Å²) in [6.07, 6.45) is 2.43. The summed E-state index contributed by atoms with van der Waals surface area (Å²) in [5.74, 6) is 6.53. The van der Waals surface area contributed by atoms with Crippen molar-refractivity contribution < 1.29 is 4.42 Å². The summed E-state index contributed by atoms with van der Waals surface area (Å²) in [4.78, 5) is 0. The number of halogens is 1. The van der Waals surface area contributed by atoms with Crippen molar-refractivity contribution in [2.24, 2.45) is 5.84 Å². The fourth-order valence-electron chi connectivity index (χ4n) is 1.65. The van der Waals surface area contributed by atoms with Gasteiger partial charge in [0.2, 0.25) is 0 Å². The minimum Gasteiger partial charge on any atom is -0.469 e. The molecule has 1 atom stereocenters. The third-order valence-electron chi connectivity index (χ3n) is 2.47. The maximum Gasteiger partial charge on any atom is 0.105 e. The van der Waals surface area contributed by atoms with Crippen molar-refractivity contribution in [2.75, 3.05) is 0 Å². The van der Waals surface area contributed by atoms with Gasteiger partial charge >= 0.3 is 0 Å². The average Bonchev–Trinajstić information content (AvgIpc) is 2.80. The first-order valence-corrected chi connectivity index (χ1v) is 6.12. The summed E-state index contributed by atoms with van der Waals surface area (Å²) in [5, 5.41) is 0. The number of hydrazine groups is 1. The molecule has 0 saturated carbocycles. The summed E-state index contributed by atoms with van der Waals surface area (Å²) in [6, 6.07) is 12.1. The molecule has 3 nitrogen and oxygen atoms in total. The first kappa shape index (κ1) is 11.6. The lowest BCUT2D eigenvalue weighted by atomic mass is 10.0. The fraction of sp³-hybridized carbons (Fsp3) is 0.167. The molecule has 1 unspecified atom stereocenters. The Labute approximate surface area is 108 Å². The van der Waals surface area contributed by atoms with Gasteiger partial charge < -0.3 is 4.42 Å². The molecule has 0 aliphatic heterocycles. The van der Waals surface area contributed by atoms with Crippen LogP contribution < -0.4 is 11.3 Å². The topological polar surface area (TPSA) is 51.2 Å². The molecule has 0 radical (unpaired) electrons. The van der Waals surface area contributed by atoms with Crippen LogP contribution in [-0.4, -0.2) is 0 Å². The van der Waals surface area contributed by atoms with Crippen LogP contribution in [0, 0.1) is 3.57 Å². The minimum absolute atomic E-state index is 0.0826. The standard InChI is InChI=1S/C12H13IN2O/c13-11-6-2-1-5-10(11)12(15-14)8-9-4-3-7-16-9/h1-7,12,15H,8,14H2. The van der Waals surface area contributed by atoms with E-state index in [1.54, 1.807) is 6.26 Å². The zero-order valence-electron chi connectivity index (χ0n) is 8.69. The van der Waals surface area contributed by atoms with Gasteiger partial charge in [-0.25, -0.2) is 0 Å². The number of hydrogen-bond donors (Lipinski definition) is 2. The van der Waals surface area contributed by atoms with Gasteiger partial charge in [-0.3, -0.25) is 11.3 Å². The van der Waals surface area contributed by atoms with Crippen LogP contribution in [0.25, 0.3) is 0 Å². The molecule has 0 fully saturated rings. The molecule has 0 saturated heterocycles. The molecule has 0 spiro atoms. The van der Waals surface area contributed by atoms with Crippen molar-refractivity contribution in [1.82, 2.24) is 5.43 Å². The lowest BCUT2D eigenvalue weighted by Gasteiger charge is -2.16. The second kappa shape index (κ2) is 5.47. The van der Waals surface area contributed by atoms with Crippen molar-refractivity contribution >= 4 is 22.6 Å². The number of nitrogens with two attached hydrogens (primary N) is 1. The summed E-state index contributed by atoms with van der Waals surface area (Å²) < 4.78 is 6.53. The van der Waals surface area contributed by atoms with E-state index in [1.807, 2.05) is 24.3 Å². The Hall–Kier alpha value is -0.850. The highest BCUT2D eigenvalue weighted by molar-refractivity contribution is 14.1. The van der Waals surface area contributed by atoms with E-state index in [-0.39, 0.29) is 6.04 Å². The smallest absolute Gasteiger partial charge is 0.105 e. The fourth-order valence-corrected chi connectivity index (χ4v) is 2.41. The van der Waals surface area contributed by atoms with Gasteiger partial charge in [-0.1, -0.05) is 18.2 Å².